The van der Waals surface area contributed by atoms with Crippen molar-refractivity contribution in [2.45, 2.75) is 12.2 Å². The van der Waals surface area contributed by atoms with E-state index < -0.39 is 0 Å². The van der Waals surface area contributed by atoms with Crippen LogP contribution in [0.1, 0.15) is 22.1 Å². The second-order valence-electron chi connectivity index (χ2n) is 6.25. The van der Waals surface area contributed by atoms with Crippen molar-refractivity contribution in [1.29, 1.82) is 0 Å². The fourth-order valence-electron chi connectivity index (χ4n) is 3.22. The maximum atomic E-state index is 13.3. The number of nitrogens with one attached hydrogen (secondary N) is 1. The van der Waals surface area contributed by atoms with Gasteiger partial charge in [0.25, 0.3) is 0 Å². The molecule has 3 aromatic rings. The van der Waals surface area contributed by atoms with Crippen LogP contribution in [-0.2, 0) is 4.79 Å². The molecule has 5 nitrogen and oxygen atoms in total. The number of amides is 1. The first-order valence-corrected chi connectivity index (χ1v) is 9.52. The number of halogens is 1. The SMILES string of the molecule is COc1cccc(C2SCC(=O)Nc3c2c(C)nn3-c2ccc(F)cc2)c1. The third kappa shape index (κ3) is 3.30. The lowest BCUT2D eigenvalue weighted by Crippen LogP contribution is -2.15. The molecule has 1 aliphatic heterocycles. The lowest BCUT2D eigenvalue weighted by Gasteiger charge is -2.16. The Morgan fingerprint density at radius 2 is 2.04 bits per heavy atom. The molecule has 4 rings (SSSR count). The summed E-state index contributed by atoms with van der Waals surface area (Å²) in [6.07, 6.45) is 0. The second-order valence-corrected chi connectivity index (χ2v) is 7.35. The molecule has 0 bridgehead atoms. The van der Waals surface area contributed by atoms with Crippen LogP contribution in [0.15, 0.2) is 48.5 Å². The average molecular weight is 383 g/mol. The molecule has 138 valence electrons. The number of thioether (sulfide) groups is 1. The van der Waals surface area contributed by atoms with E-state index in [1.807, 2.05) is 31.2 Å². The van der Waals surface area contributed by atoms with Gasteiger partial charge in [0.2, 0.25) is 5.91 Å². The van der Waals surface area contributed by atoms with E-state index in [0.717, 1.165) is 22.6 Å². The van der Waals surface area contributed by atoms with Crippen molar-refractivity contribution in [2.24, 2.45) is 0 Å². The zero-order valence-corrected chi connectivity index (χ0v) is 15.7. The van der Waals surface area contributed by atoms with Crippen molar-refractivity contribution in [2.75, 3.05) is 18.2 Å². The first-order valence-electron chi connectivity index (χ1n) is 8.47. The molecule has 0 saturated carbocycles. The van der Waals surface area contributed by atoms with Gasteiger partial charge >= 0.3 is 0 Å². The number of hydrogen-bond donors (Lipinski definition) is 1. The molecule has 1 aromatic heterocycles. The molecule has 1 N–H and O–H groups in total. The quantitative estimate of drug-likeness (QED) is 0.740. The maximum absolute atomic E-state index is 13.3. The van der Waals surface area contributed by atoms with E-state index in [1.165, 1.54) is 12.1 Å². The number of hydrogen-bond acceptors (Lipinski definition) is 4. The van der Waals surface area contributed by atoms with Crippen molar-refractivity contribution >= 4 is 23.5 Å². The topological polar surface area (TPSA) is 56.1 Å². The lowest BCUT2D eigenvalue weighted by molar-refractivity contribution is -0.113. The first kappa shape index (κ1) is 17.6. The number of fused-ring (bicyclic) bond motifs is 1. The normalized spacial score (nSPS) is 16.4. The average Bonchev–Trinajstić information content (AvgIpc) is 2.88. The largest absolute Gasteiger partial charge is 0.497 e. The third-order valence-corrected chi connectivity index (χ3v) is 5.75. The van der Waals surface area contributed by atoms with Crippen LogP contribution in [0.4, 0.5) is 10.2 Å². The van der Waals surface area contributed by atoms with Crippen molar-refractivity contribution in [3.63, 3.8) is 0 Å². The monoisotopic (exact) mass is 383 g/mol. The van der Waals surface area contributed by atoms with Crippen LogP contribution in [-0.4, -0.2) is 28.6 Å². The zero-order chi connectivity index (χ0) is 19.0. The molecule has 0 radical (unpaired) electrons. The van der Waals surface area contributed by atoms with E-state index in [9.17, 15) is 9.18 Å². The highest BCUT2D eigenvalue weighted by Crippen LogP contribution is 2.44. The molecule has 0 saturated heterocycles. The molecule has 1 atom stereocenters. The molecule has 1 aliphatic rings. The summed E-state index contributed by atoms with van der Waals surface area (Å²) in [6, 6.07) is 13.9. The number of benzene rings is 2. The van der Waals surface area contributed by atoms with Gasteiger partial charge in [0.1, 0.15) is 17.4 Å². The summed E-state index contributed by atoms with van der Waals surface area (Å²) in [5.74, 6) is 1.32. The van der Waals surface area contributed by atoms with Gasteiger partial charge in [-0.2, -0.15) is 5.10 Å². The third-order valence-electron chi connectivity index (χ3n) is 4.48. The van der Waals surface area contributed by atoms with Crippen molar-refractivity contribution in [3.8, 4) is 11.4 Å². The molecule has 7 heteroatoms. The highest BCUT2D eigenvalue weighted by Gasteiger charge is 2.30. The van der Waals surface area contributed by atoms with Gasteiger partial charge in [0.05, 0.1) is 29.5 Å². The zero-order valence-electron chi connectivity index (χ0n) is 14.9. The molecule has 2 heterocycles. The summed E-state index contributed by atoms with van der Waals surface area (Å²) in [5, 5.41) is 7.52. The molecule has 1 unspecified atom stereocenters. The van der Waals surface area contributed by atoms with Crippen LogP contribution in [0.5, 0.6) is 5.75 Å². The van der Waals surface area contributed by atoms with E-state index >= 15 is 0 Å². The van der Waals surface area contributed by atoms with Crippen LogP contribution >= 0.6 is 11.8 Å². The van der Waals surface area contributed by atoms with E-state index in [1.54, 1.807) is 35.7 Å². The Morgan fingerprint density at radius 3 is 2.78 bits per heavy atom. The molecule has 0 spiro atoms. The van der Waals surface area contributed by atoms with Crippen molar-refractivity contribution in [1.82, 2.24) is 9.78 Å². The predicted molar refractivity (Wildman–Crippen MR) is 104 cm³/mol. The molecule has 0 fully saturated rings. The van der Waals surface area contributed by atoms with Crippen LogP contribution in [0.25, 0.3) is 5.69 Å². The van der Waals surface area contributed by atoms with Crippen molar-refractivity contribution in [3.05, 3.63) is 71.2 Å². The highest BCUT2D eigenvalue weighted by atomic mass is 32.2. The number of carbonyl (C=O) groups excluding carboxylic acids is 1. The number of nitrogens with zero attached hydrogens (tertiary/aromatic N) is 2. The molecule has 27 heavy (non-hydrogen) atoms. The highest BCUT2D eigenvalue weighted by molar-refractivity contribution is 8.00. The van der Waals surface area contributed by atoms with E-state index in [0.29, 0.717) is 17.3 Å². The van der Waals surface area contributed by atoms with Gasteiger partial charge in [-0.3, -0.25) is 4.79 Å². The second kappa shape index (κ2) is 7.08. The molecule has 2 aromatic carbocycles. The fraction of sp³-hybridized carbons (Fsp3) is 0.200. The van der Waals surface area contributed by atoms with Gasteiger partial charge in [0, 0.05) is 5.56 Å². The lowest BCUT2D eigenvalue weighted by atomic mass is 10.0. The summed E-state index contributed by atoms with van der Waals surface area (Å²) in [4.78, 5) is 12.3. The van der Waals surface area contributed by atoms with Crippen LogP contribution in [0.3, 0.4) is 0 Å². The minimum atomic E-state index is -0.317. The maximum Gasteiger partial charge on any atom is 0.235 e. The number of carbonyl (C=O) groups is 1. The van der Waals surface area contributed by atoms with Gasteiger partial charge in [0.15, 0.2) is 0 Å². The molecule has 0 aliphatic carbocycles. The number of aromatic nitrogens is 2. The Bertz CT molecular complexity index is 1000. The summed E-state index contributed by atoms with van der Waals surface area (Å²) in [6.45, 7) is 1.92. The summed E-state index contributed by atoms with van der Waals surface area (Å²) in [7, 11) is 1.63. The van der Waals surface area contributed by atoms with Crippen LogP contribution in [0, 0.1) is 12.7 Å². The molecule has 1 amide bonds. The molecular weight excluding hydrogens is 365 g/mol. The Hall–Kier alpha value is -2.80. The summed E-state index contributed by atoms with van der Waals surface area (Å²) in [5.41, 5.74) is 3.50. The van der Waals surface area contributed by atoms with Gasteiger partial charge in [-0.05, 0) is 48.9 Å². The number of aryl methyl sites for hydroxylation is 1. The number of anilines is 1. The standard InChI is InChI=1S/C20H18FN3O2S/c1-12-18-19(13-4-3-5-16(10-13)26-2)27-11-17(25)22-20(18)24(23-12)15-8-6-14(21)7-9-15/h3-10,19H,11H2,1-2H3,(H,22,25). The predicted octanol–water partition coefficient (Wildman–Crippen LogP) is 4.10. The van der Waals surface area contributed by atoms with Gasteiger partial charge < -0.3 is 10.1 Å². The first-order chi connectivity index (χ1) is 13.1. The summed E-state index contributed by atoms with van der Waals surface area (Å²) < 4.78 is 20.3. The van der Waals surface area contributed by atoms with Crippen LogP contribution in [0.2, 0.25) is 0 Å². The summed E-state index contributed by atoms with van der Waals surface area (Å²) >= 11 is 1.55. The van der Waals surface area contributed by atoms with E-state index in [4.69, 9.17) is 4.74 Å². The van der Waals surface area contributed by atoms with Gasteiger partial charge in [-0.25, -0.2) is 9.07 Å². The smallest absolute Gasteiger partial charge is 0.235 e. The minimum Gasteiger partial charge on any atom is -0.497 e. The Balaban J connectivity index is 1.87. The van der Waals surface area contributed by atoms with Gasteiger partial charge in [-0.1, -0.05) is 12.1 Å². The molecular formula is C20H18FN3O2S. The Kier molecular flexibility index (Phi) is 4.61. The number of methoxy groups -OCH3 is 1. The number of ether oxygens (including phenoxy) is 1. The van der Waals surface area contributed by atoms with E-state index in [-0.39, 0.29) is 17.0 Å². The Morgan fingerprint density at radius 1 is 1.26 bits per heavy atom. The van der Waals surface area contributed by atoms with E-state index in [2.05, 4.69) is 10.4 Å². The fourth-order valence-corrected chi connectivity index (χ4v) is 4.40. The minimum absolute atomic E-state index is 0.0664. The number of rotatable bonds is 3. The Labute approximate surface area is 160 Å². The van der Waals surface area contributed by atoms with Gasteiger partial charge in [-0.15, -0.1) is 11.8 Å². The van der Waals surface area contributed by atoms with Crippen molar-refractivity contribution < 1.29 is 13.9 Å². The van der Waals surface area contributed by atoms with Crippen LogP contribution < -0.4 is 10.1 Å².